The summed E-state index contributed by atoms with van der Waals surface area (Å²) >= 11 is 0. The SMILES string of the molecule is CC(C)N(C)C(=O)N1C(C)CN(C)CC1C. The van der Waals surface area contributed by atoms with Gasteiger partial charge < -0.3 is 14.7 Å². The lowest BCUT2D eigenvalue weighted by Gasteiger charge is -2.45. The Balaban J connectivity index is 2.74. The maximum absolute atomic E-state index is 12.3. The average Bonchev–Trinajstić information content (AvgIpc) is 2.14. The molecule has 0 spiro atoms. The zero-order valence-electron chi connectivity index (χ0n) is 11.4. The molecule has 1 aliphatic rings. The summed E-state index contributed by atoms with van der Waals surface area (Å²) in [7, 11) is 3.99. The Kier molecular flexibility index (Phi) is 4.19. The molecule has 1 heterocycles. The largest absolute Gasteiger partial charge is 0.325 e. The lowest BCUT2D eigenvalue weighted by Crippen LogP contribution is -2.60. The molecule has 2 unspecified atom stereocenters. The second-order valence-corrected chi connectivity index (χ2v) is 5.31. The van der Waals surface area contributed by atoms with Crippen LogP contribution in [0.4, 0.5) is 4.79 Å². The Morgan fingerprint density at radius 3 is 2.06 bits per heavy atom. The van der Waals surface area contributed by atoms with Gasteiger partial charge in [0.1, 0.15) is 0 Å². The van der Waals surface area contributed by atoms with Crippen molar-refractivity contribution in [2.24, 2.45) is 0 Å². The third-order valence-electron chi connectivity index (χ3n) is 3.40. The zero-order valence-corrected chi connectivity index (χ0v) is 11.4. The molecule has 0 bridgehead atoms. The summed E-state index contributed by atoms with van der Waals surface area (Å²) in [5, 5.41) is 0. The van der Waals surface area contributed by atoms with Gasteiger partial charge in [-0.3, -0.25) is 0 Å². The minimum atomic E-state index is 0.156. The van der Waals surface area contributed by atoms with Crippen LogP contribution >= 0.6 is 0 Å². The van der Waals surface area contributed by atoms with Crippen molar-refractivity contribution >= 4 is 6.03 Å². The van der Waals surface area contributed by atoms with Crippen LogP contribution in [0.25, 0.3) is 0 Å². The molecule has 1 aliphatic heterocycles. The highest BCUT2D eigenvalue weighted by Crippen LogP contribution is 2.17. The van der Waals surface area contributed by atoms with Gasteiger partial charge in [-0.05, 0) is 34.7 Å². The Morgan fingerprint density at radius 2 is 1.69 bits per heavy atom. The minimum Gasteiger partial charge on any atom is -0.325 e. The van der Waals surface area contributed by atoms with E-state index in [0.29, 0.717) is 12.1 Å². The fraction of sp³-hybridized carbons (Fsp3) is 0.917. The highest BCUT2D eigenvalue weighted by atomic mass is 16.2. The molecule has 4 nitrogen and oxygen atoms in total. The normalized spacial score (nSPS) is 27.3. The Hall–Kier alpha value is -0.770. The summed E-state index contributed by atoms with van der Waals surface area (Å²) in [6, 6.07) is 1.000. The molecular weight excluding hydrogens is 202 g/mol. The summed E-state index contributed by atoms with van der Waals surface area (Å²) in [5.41, 5.74) is 0. The van der Waals surface area contributed by atoms with Gasteiger partial charge in [-0.1, -0.05) is 0 Å². The van der Waals surface area contributed by atoms with Crippen molar-refractivity contribution in [2.45, 2.75) is 45.8 Å². The van der Waals surface area contributed by atoms with Crippen molar-refractivity contribution in [3.63, 3.8) is 0 Å². The highest BCUT2D eigenvalue weighted by molar-refractivity contribution is 5.75. The first kappa shape index (κ1) is 13.3. The van der Waals surface area contributed by atoms with E-state index in [9.17, 15) is 4.79 Å². The van der Waals surface area contributed by atoms with E-state index in [4.69, 9.17) is 0 Å². The molecule has 1 rings (SSSR count). The van der Waals surface area contributed by atoms with Gasteiger partial charge in [0.05, 0.1) is 0 Å². The number of piperazine rings is 1. The second kappa shape index (κ2) is 5.04. The molecule has 2 amide bonds. The molecule has 0 aromatic rings. The molecule has 0 radical (unpaired) electrons. The van der Waals surface area contributed by atoms with Gasteiger partial charge in [-0.2, -0.15) is 0 Å². The molecule has 4 heteroatoms. The van der Waals surface area contributed by atoms with E-state index in [1.54, 1.807) is 0 Å². The van der Waals surface area contributed by atoms with Gasteiger partial charge in [-0.25, -0.2) is 4.79 Å². The molecule has 94 valence electrons. The summed E-state index contributed by atoms with van der Waals surface area (Å²) in [4.78, 5) is 18.4. The summed E-state index contributed by atoms with van der Waals surface area (Å²) in [6.45, 7) is 10.3. The predicted molar refractivity (Wildman–Crippen MR) is 66.6 cm³/mol. The number of carbonyl (C=O) groups excluding carboxylic acids is 1. The fourth-order valence-electron chi connectivity index (χ4n) is 2.37. The zero-order chi connectivity index (χ0) is 12.5. The fourth-order valence-corrected chi connectivity index (χ4v) is 2.37. The Morgan fingerprint density at radius 1 is 1.25 bits per heavy atom. The molecular formula is C12H25N3O. The quantitative estimate of drug-likeness (QED) is 0.678. The maximum atomic E-state index is 12.3. The van der Waals surface area contributed by atoms with Crippen LogP contribution in [0, 0.1) is 0 Å². The third-order valence-corrected chi connectivity index (χ3v) is 3.40. The van der Waals surface area contributed by atoms with Crippen LogP contribution in [0.5, 0.6) is 0 Å². The van der Waals surface area contributed by atoms with Gasteiger partial charge in [0, 0.05) is 38.3 Å². The first-order valence-corrected chi connectivity index (χ1v) is 6.08. The van der Waals surface area contributed by atoms with Crippen LogP contribution < -0.4 is 0 Å². The van der Waals surface area contributed by atoms with Gasteiger partial charge in [0.25, 0.3) is 0 Å². The number of carbonyl (C=O) groups is 1. The van der Waals surface area contributed by atoms with Gasteiger partial charge in [-0.15, -0.1) is 0 Å². The number of likely N-dealkylation sites (N-methyl/N-ethyl adjacent to an activating group) is 1. The molecule has 2 atom stereocenters. The van der Waals surface area contributed by atoms with E-state index < -0.39 is 0 Å². The van der Waals surface area contributed by atoms with E-state index in [0.717, 1.165) is 13.1 Å². The lowest BCUT2D eigenvalue weighted by molar-refractivity contribution is 0.0582. The smallest absolute Gasteiger partial charge is 0.320 e. The number of urea groups is 1. The van der Waals surface area contributed by atoms with Gasteiger partial charge in [0.2, 0.25) is 0 Å². The molecule has 0 aromatic carbocycles. The summed E-state index contributed by atoms with van der Waals surface area (Å²) < 4.78 is 0. The number of amides is 2. The predicted octanol–water partition coefficient (Wildman–Crippen LogP) is 1.47. The molecule has 1 fully saturated rings. The summed E-state index contributed by atoms with van der Waals surface area (Å²) in [6.07, 6.45) is 0. The van der Waals surface area contributed by atoms with Crippen LogP contribution in [0.3, 0.4) is 0 Å². The van der Waals surface area contributed by atoms with Crippen LogP contribution in [-0.4, -0.2) is 66.0 Å². The van der Waals surface area contributed by atoms with E-state index in [2.05, 4.69) is 25.8 Å². The lowest BCUT2D eigenvalue weighted by atomic mass is 10.1. The van der Waals surface area contributed by atoms with Crippen molar-refractivity contribution < 1.29 is 4.79 Å². The van der Waals surface area contributed by atoms with E-state index >= 15 is 0 Å². The van der Waals surface area contributed by atoms with Crippen molar-refractivity contribution in [1.82, 2.24) is 14.7 Å². The third kappa shape index (κ3) is 2.67. The van der Waals surface area contributed by atoms with Crippen LogP contribution in [0.2, 0.25) is 0 Å². The van der Waals surface area contributed by atoms with E-state index in [1.165, 1.54) is 0 Å². The van der Waals surface area contributed by atoms with Crippen LogP contribution in [0.15, 0.2) is 0 Å². The number of rotatable bonds is 1. The summed E-state index contributed by atoms with van der Waals surface area (Å²) in [5.74, 6) is 0. The standard InChI is InChI=1S/C12H25N3O/c1-9(2)14(6)12(16)15-10(3)7-13(5)8-11(15)4/h9-11H,7-8H2,1-6H3. The molecule has 0 aliphatic carbocycles. The van der Waals surface area contributed by atoms with Crippen LogP contribution in [-0.2, 0) is 0 Å². The monoisotopic (exact) mass is 227 g/mol. The number of hydrogen-bond donors (Lipinski definition) is 0. The molecule has 16 heavy (non-hydrogen) atoms. The average molecular weight is 227 g/mol. The Labute approximate surface area is 99.2 Å². The van der Waals surface area contributed by atoms with E-state index in [-0.39, 0.29) is 12.1 Å². The molecule has 0 aromatic heterocycles. The number of hydrogen-bond acceptors (Lipinski definition) is 2. The Bertz CT molecular complexity index is 243. The first-order valence-electron chi connectivity index (χ1n) is 6.08. The first-order chi connectivity index (χ1) is 7.34. The number of nitrogens with zero attached hydrogens (tertiary/aromatic N) is 3. The van der Waals surface area contributed by atoms with Crippen LogP contribution in [0.1, 0.15) is 27.7 Å². The second-order valence-electron chi connectivity index (χ2n) is 5.31. The molecule has 0 N–H and O–H groups in total. The molecule has 0 saturated carbocycles. The van der Waals surface area contributed by atoms with Gasteiger partial charge in [0.15, 0.2) is 0 Å². The maximum Gasteiger partial charge on any atom is 0.320 e. The minimum absolute atomic E-state index is 0.156. The van der Waals surface area contributed by atoms with Crippen molar-refractivity contribution in [3.8, 4) is 0 Å². The highest BCUT2D eigenvalue weighted by Gasteiger charge is 2.33. The molecule has 1 saturated heterocycles. The van der Waals surface area contributed by atoms with Crippen molar-refractivity contribution in [2.75, 3.05) is 27.2 Å². The van der Waals surface area contributed by atoms with Crippen molar-refractivity contribution in [1.29, 1.82) is 0 Å². The van der Waals surface area contributed by atoms with E-state index in [1.807, 2.05) is 30.7 Å². The van der Waals surface area contributed by atoms with Crippen molar-refractivity contribution in [3.05, 3.63) is 0 Å². The van der Waals surface area contributed by atoms with Gasteiger partial charge >= 0.3 is 6.03 Å². The topological polar surface area (TPSA) is 26.8 Å².